The number of aliphatic carboxylic acids is 1. The molecule has 134 valence electrons. The van der Waals surface area contributed by atoms with Crippen LogP contribution in [0.15, 0.2) is 23.1 Å². The van der Waals surface area contributed by atoms with Gasteiger partial charge in [0.1, 0.15) is 4.32 Å². The summed E-state index contributed by atoms with van der Waals surface area (Å²) < 4.78 is 11.4. The van der Waals surface area contributed by atoms with Crippen LogP contribution < -0.4 is 14.6 Å². The van der Waals surface area contributed by atoms with Crippen LogP contribution in [0.1, 0.15) is 25.8 Å². The normalized spacial score (nSPS) is 15.8. The highest BCUT2D eigenvalue weighted by molar-refractivity contribution is 8.26. The fourth-order valence-electron chi connectivity index (χ4n) is 2.13. The Labute approximate surface area is 155 Å². The number of carboxylic acid groups (broad SMARTS) is 1. The first-order valence-electron chi connectivity index (χ1n) is 7.81. The Hall–Kier alpha value is -2.06. The number of thioether (sulfide) groups is 1. The molecule has 1 aliphatic rings. The predicted molar refractivity (Wildman–Crippen MR) is 98.3 cm³/mol. The summed E-state index contributed by atoms with van der Waals surface area (Å²) in [7, 11) is 0. The van der Waals surface area contributed by atoms with Gasteiger partial charge in [0.15, 0.2) is 11.5 Å². The highest BCUT2D eigenvalue weighted by atomic mass is 32.2. The molecule has 0 bridgehead atoms. The number of carbonyl (C=O) groups excluding carboxylic acids is 2. The molecule has 2 rings (SSSR count). The molecule has 6 nitrogen and oxygen atoms in total. The van der Waals surface area contributed by atoms with Crippen LogP contribution in [0.2, 0.25) is 0 Å². The van der Waals surface area contributed by atoms with Gasteiger partial charge in [0.25, 0.3) is 5.91 Å². The fraction of sp³-hybridized carbons (Fsp3) is 0.353. The minimum absolute atomic E-state index is 0.202. The van der Waals surface area contributed by atoms with Crippen LogP contribution in [-0.2, 0) is 9.59 Å². The predicted octanol–water partition coefficient (Wildman–Crippen LogP) is 1.83. The van der Waals surface area contributed by atoms with E-state index in [1.807, 2.05) is 13.8 Å². The van der Waals surface area contributed by atoms with Crippen molar-refractivity contribution in [3.8, 4) is 11.5 Å². The second-order valence-electron chi connectivity index (χ2n) is 5.13. The standard InChI is InChI=1S/C17H19NO5S2/c1-3-7-23-12-6-5-11(8-13(12)22-4-2)9-14-16(21)18(10-15(19)20)17(24)25-14/h5-6,8-9H,3-4,7,10H2,1-2H3,(H,19,20)/p-1/b14-9-. The lowest BCUT2D eigenvalue weighted by Crippen LogP contribution is -2.40. The van der Waals surface area contributed by atoms with E-state index in [-0.39, 0.29) is 4.32 Å². The van der Waals surface area contributed by atoms with Crippen molar-refractivity contribution in [2.24, 2.45) is 0 Å². The largest absolute Gasteiger partial charge is 0.548 e. The van der Waals surface area contributed by atoms with E-state index >= 15 is 0 Å². The molecular formula is C17H18NO5S2-. The molecule has 0 radical (unpaired) electrons. The molecule has 1 aromatic carbocycles. The molecule has 0 saturated carbocycles. The van der Waals surface area contributed by atoms with E-state index < -0.39 is 18.4 Å². The van der Waals surface area contributed by atoms with Crippen LogP contribution in [0.5, 0.6) is 11.5 Å². The number of carbonyl (C=O) groups is 2. The van der Waals surface area contributed by atoms with Gasteiger partial charge in [-0.15, -0.1) is 0 Å². The third kappa shape index (κ3) is 4.96. The zero-order chi connectivity index (χ0) is 18.4. The van der Waals surface area contributed by atoms with Crippen molar-refractivity contribution in [2.75, 3.05) is 19.8 Å². The van der Waals surface area contributed by atoms with Crippen molar-refractivity contribution in [2.45, 2.75) is 20.3 Å². The number of carboxylic acids is 1. The van der Waals surface area contributed by atoms with Gasteiger partial charge >= 0.3 is 0 Å². The maximum atomic E-state index is 12.3. The topological polar surface area (TPSA) is 78.9 Å². The van der Waals surface area contributed by atoms with Crippen molar-refractivity contribution in [1.82, 2.24) is 4.90 Å². The maximum absolute atomic E-state index is 12.3. The van der Waals surface area contributed by atoms with Crippen LogP contribution in [0.4, 0.5) is 0 Å². The van der Waals surface area contributed by atoms with Crippen LogP contribution in [0, 0.1) is 0 Å². The Morgan fingerprint density at radius 3 is 2.72 bits per heavy atom. The third-order valence-electron chi connectivity index (χ3n) is 3.19. The van der Waals surface area contributed by atoms with Gasteiger partial charge < -0.3 is 19.4 Å². The highest BCUT2D eigenvalue weighted by Gasteiger charge is 2.31. The summed E-state index contributed by atoms with van der Waals surface area (Å²) in [6.07, 6.45) is 2.54. The third-order valence-corrected chi connectivity index (χ3v) is 4.57. The van der Waals surface area contributed by atoms with Gasteiger partial charge in [-0.1, -0.05) is 37.0 Å². The van der Waals surface area contributed by atoms with Crippen LogP contribution in [-0.4, -0.2) is 40.9 Å². The van der Waals surface area contributed by atoms with E-state index in [1.54, 1.807) is 24.3 Å². The molecule has 0 N–H and O–H groups in total. The van der Waals surface area contributed by atoms with E-state index in [4.69, 9.17) is 21.7 Å². The van der Waals surface area contributed by atoms with E-state index in [9.17, 15) is 14.7 Å². The van der Waals surface area contributed by atoms with Gasteiger partial charge in [0.2, 0.25) is 0 Å². The summed E-state index contributed by atoms with van der Waals surface area (Å²) in [5.74, 6) is -0.558. The second-order valence-corrected chi connectivity index (χ2v) is 6.80. The first kappa shape index (κ1) is 19.3. The van der Waals surface area contributed by atoms with Gasteiger partial charge in [-0.05, 0) is 37.1 Å². The van der Waals surface area contributed by atoms with Gasteiger partial charge in [-0.25, -0.2) is 0 Å². The molecule has 1 aliphatic heterocycles. The Kier molecular flexibility index (Phi) is 6.83. The number of thiocarbonyl (C=S) groups is 1. The first-order chi connectivity index (χ1) is 12.0. The molecular weight excluding hydrogens is 362 g/mol. The van der Waals surface area contributed by atoms with Gasteiger partial charge in [0.05, 0.1) is 30.6 Å². The molecule has 1 heterocycles. The number of benzene rings is 1. The monoisotopic (exact) mass is 380 g/mol. The van der Waals surface area contributed by atoms with Gasteiger partial charge in [-0.3, -0.25) is 9.69 Å². The maximum Gasteiger partial charge on any atom is 0.266 e. The van der Waals surface area contributed by atoms with Crippen LogP contribution in [0.3, 0.4) is 0 Å². The highest BCUT2D eigenvalue weighted by Crippen LogP contribution is 2.34. The minimum atomic E-state index is -1.35. The lowest BCUT2D eigenvalue weighted by molar-refractivity contribution is -0.305. The SMILES string of the molecule is CCCOc1ccc(/C=C2\SC(=S)N(CC(=O)[O-])C2=O)cc1OCC. The molecule has 0 unspecified atom stereocenters. The number of amides is 1. The Bertz CT molecular complexity index is 717. The molecule has 1 fully saturated rings. The summed E-state index contributed by atoms with van der Waals surface area (Å²) >= 11 is 6.12. The molecule has 1 aromatic rings. The van der Waals surface area contributed by atoms with Crippen molar-refractivity contribution >= 4 is 46.3 Å². The summed E-state index contributed by atoms with van der Waals surface area (Å²) in [5, 5.41) is 10.7. The lowest BCUT2D eigenvalue weighted by atomic mass is 10.2. The smallest absolute Gasteiger partial charge is 0.266 e. The quantitative estimate of drug-likeness (QED) is 0.503. The van der Waals surface area contributed by atoms with Gasteiger partial charge in [-0.2, -0.15) is 0 Å². The van der Waals surface area contributed by atoms with Crippen molar-refractivity contribution in [3.05, 3.63) is 28.7 Å². The Morgan fingerprint density at radius 2 is 2.08 bits per heavy atom. The number of hydrogen-bond donors (Lipinski definition) is 0. The zero-order valence-electron chi connectivity index (χ0n) is 13.9. The van der Waals surface area contributed by atoms with E-state index in [2.05, 4.69) is 0 Å². The first-order valence-corrected chi connectivity index (χ1v) is 9.03. The number of ether oxygens (including phenoxy) is 2. The number of rotatable bonds is 8. The summed E-state index contributed by atoms with van der Waals surface area (Å²) in [6, 6.07) is 5.37. The molecule has 0 aromatic heterocycles. The molecule has 0 atom stereocenters. The van der Waals surface area contributed by atoms with E-state index in [0.29, 0.717) is 29.6 Å². The number of hydrogen-bond acceptors (Lipinski definition) is 7. The van der Waals surface area contributed by atoms with Gasteiger partial charge in [0, 0.05) is 0 Å². The zero-order valence-corrected chi connectivity index (χ0v) is 15.6. The molecule has 1 saturated heterocycles. The lowest BCUT2D eigenvalue weighted by Gasteiger charge is -2.14. The second kappa shape index (κ2) is 8.87. The average Bonchev–Trinajstić information content (AvgIpc) is 2.81. The molecule has 25 heavy (non-hydrogen) atoms. The summed E-state index contributed by atoms with van der Waals surface area (Å²) in [6.45, 7) is 4.42. The molecule has 1 amide bonds. The molecule has 0 aliphatic carbocycles. The fourth-order valence-corrected chi connectivity index (χ4v) is 3.39. The van der Waals surface area contributed by atoms with Crippen molar-refractivity contribution in [3.63, 3.8) is 0 Å². The minimum Gasteiger partial charge on any atom is -0.548 e. The Morgan fingerprint density at radius 1 is 1.32 bits per heavy atom. The molecule has 0 spiro atoms. The summed E-state index contributed by atoms with van der Waals surface area (Å²) in [4.78, 5) is 24.4. The number of nitrogens with zero attached hydrogens (tertiary/aromatic N) is 1. The molecule has 8 heteroatoms. The van der Waals surface area contributed by atoms with Crippen molar-refractivity contribution < 1.29 is 24.2 Å². The van der Waals surface area contributed by atoms with E-state index in [0.717, 1.165) is 28.6 Å². The summed E-state index contributed by atoms with van der Waals surface area (Å²) in [5.41, 5.74) is 0.737. The van der Waals surface area contributed by atoms with Crippen molar-refractivity contribution in [1.29, 1.82) is 0 Å². The van der Waals surface area contributed by atoms with Crippen LogP contribution >= 0.6 is 24.0 Å². The average molecular weight is 380 g/mol. The Balaban J connectivity index is 2.25. The van der Waals surface area contributed by atoms with Crippen LogP contribution in [0.25, 0.3) is 6.08 Å². The van der Waals surface area contributed by atoms with E-state index in [1.165, 1.54) is 0 Å².